The minimum atomic E-state index is -0.208. The van der Waals surface area contributed by atoms with Crippen molar-refractivity contribution < 1.29 is 9.59 Å². The first-order valence-electron chi connectivity index (χ1n) is 6.64. The van der Waals surface area contributed by atoms with Gasteiger partial charge >= 0.3 is 6.03 Å². The number of urea groups is 1. The van der Waals surface area contributed by atoms with Gasteiger partial charge in [0.25, 0.3) is 0 Å². The molecule has 110 valence electrons. The Labute approximate surface area is 117 Å². The van der Waals surface area contributed by atoms with Crippen molar-refractivity contribution in [3.05, 3.63) is 12.2 Å². The molecule has 1 aromatic rings. The van der Waals surface area contributed by atoms with Crippen LogP contribution in [-0.4, -0.2) is 62.7 Å². The Morgan fingerprint density at radius 2 is 1.85 bits per heavy atom. The molecule has 0 spiro atoms. The third kappa shape index (κ3) is 3.06. The predicted octanol–water partition coefficient (Wildman–Crippen LogP) is -0.250. The molecule has 1 fully saturated rings. The van der Waals surface area contributed by atoms with Crippen LogP contribution in [0.2, 0.25) is 0 Å². The van der Waals surface area contributed by atoms with Gasteiger partial charge in [-0.2, -0.15) is 0 Å². The van der Waals surface area contributed by atoms with Crippen molar-refractivity contribution in [1.29, 1.82) is 0 Å². The van der Waals surface area contributed by atoms with E-state index in [1.54, 1.807) is 27.6 Å². The number of aromatic nitrogens is 3. The van der Waals surface area contributed by atoms with Crippen LogP contribution in [0.25, 0.3) is 0 Å². The number of carbonyl (C=O) groups is 2. The quantitative estimate of drug-likeness (QED) is 0.809. The Bertz CT molecular complexity index is 492. The van der Waals surface area contributed by atoms with Crippen LogP contribution in [0.15, 0.2) is 6.33 Å². The highest BCUT2D eigenvalue weighted by molar-refractivity contribution is 5.76. The molecule has 2 rings (SSSR count). The normalized spacial score (nSPS) is 16.9. The predicted molar refractivity (Wildman–Crippen MR) is 71.8 cm³/mol. The maximum absolute atomic E-state index is 12.1. The van der Waals surface area contributed by atoms with E-state index in [0.29, 0.717) is 32.0 Å². The molecule has 1 aliphatic rings. The summed E-state index contributed by atoms with van der Waals surface area (Å²) in [6.45, 7) is 5.69. The smallest absolute Gasteiger partial charge is 0.318 e. The molecule has 20 heavy (non-hydrogen) atoms. The summed E-state index contributed by atoms with van der Waals surface area (Å²) < 4.78 is 1.78. The average Bonchev–Trinajstić information content (AvgIpc) is 2.85. The minimum absolute atomic E-state index is 0.0533. The highest BCUT2D eigenvalue weighted by atomic mass is 16.2. The van der Waals surface area contributed by atoms with E-state index in [2.05, 4.69) is 15.5 Å². The molecular formula is C12H20N6O2. The largest absolute Gasteiger partial charge is 0.339 e. The van der Waals surface area contributed by atoms with E-state index in [0.717, 1.165) is 0 Å². The van der Waals surface area contributed by atoms with Gasteiger partial charge in [0, 0.05) is 40.2 Å². The summed E-state index contributed by atoms with van der Waals surface area (Å²) in [5, 5.41) is 10.7. The van der Waals surface area contributed by atoms with E-state index >= 15 is 0 Å². The van der Waals surface area contributed by atoms with Gasteiger partial charge in [0.1, 0.15) is 6.33 Å². The second-order valence-corrected chi connectivity index (χ2v) is 4.96. The molecule has 0 radical (unpaired) electrons. The molecule has 0 aromatic carbocycles. The van der Waals surface area contributed by atoms with Crippen LogP contribution in [0.1, 0.15) is 25.7 Å². The van der Waals surface area contributed by atoms with E-state index in [1.807, 2.05) is 14.0 Å². The molecule has 1 atom stereocenters. The molecule has 8 heteroatoms. The lowest BCUT2D eigenvalue weighted by molar-refractivity contribution is -0.130. The minimum Gasteiger partial charge on any atom is -0.339 e. The molecule has 2 heterocycles. The van der Waals surface area contributed by atoms with Gasteiger partial charge in [0.15, 0.2) is 5.82 Å². The summed E-state index contributed by atoms with van der Waals surface area (Å²) >= 11 is 0. The molecular weight excluding hydrogens is 260 g/mol. The second-order valence-electron chi connectivity index (χ2n) is 4.96. The lowest BCUT2D eigenvalue weighted by atomic mass is 10.3. The van der Waals surface area contributed by atoms with Crippen LogP contribution in [-0.2, 0) is 11.8 Å². The molecule has 1 aliphatic heterocycles. The molecule has 1 unspecified atom stereocenters. The summed E-state index contributed by atoms with van der Waals surface area (Å²) in [6.07, 6.45) is 1.60. The number of hydrogen-bond acceptors (Lipinski definition) is 4. The highest BCUT2D eigenvalue weighted by Crippen LogP contribution is 2.09. The van der Waals surface area contributed by atoms with E-state index in [1.165, 1.54) is 0 Å². The van der Waals surface area contributed by atoms with Gasteiger partial charge in [-0.1, -0.05) is 0 Å². The number of nitrogens with zero attached hydrogens (tertiary/aromatic N) is 5. The number of amides is 3. The van der Waals surface area contributed by atoms with Crippen molar-refractivity contribution in [3.8, 4) is 0 Å². The van der Waals surface area contributed by atoms with Crippen LogP contribution >= 0.6 is 0 Å². The average molecular weight is 280 g/mol. The highest BCUT2D eigenvalue weighted by Gasteiger charge is 2.24. The topological polar surface area (TPSA) is 83.4 Å². The molecule has 0 aliphatic carbocycles. The van der Waals surface area contributed by atoms with Gasteiger partial charge in [0.05, 0.1) is 6.04 Å². The van der Waals surface area contributed by atoms with E-state index in [-0.39, 0.29) is 18.0 Å². The lowest BCUT2D eigenvalue weighted by Crippen LogP contribution is -2.53. The standard InChI is InChI=1S/C12H20N6O2/c1-9(11-15-13-8-16(11)3)14-12(20)18-6-4-17(5-7-18)10(2)19/h8-9H,4-7H2,1-3H3,(H,14,20). The maximum atomic E-state index is 12.1. The fourth-order valence-electron chi connectivity index (χ4n) is 2.25. The van der Waals surface area contributed by atoms with Crippen molar-refractivity contribution in [2.75, 3.05) is 26.2 Å². The third-order valence-electron chi connectivity index (χ3n) is 3.49. The molecule has 0 bridgehead atoms. The fourth-order valence-corrected chi connectivity index (χ4v) is 2.25. The molecule has 1 saturated heterocycles. The van der Waals surface area contributed by atoms with E-state index in [4.69, 9.17) is 0 Å². The maximum Gasteiger partial charge on any atom is 0.318 e. The van der Waals surface area contributed by atoms with Crippen LogP contribution in [0.4, 0.5) is 4.79 Å². The molecule has 0 saturated carbocycles. The Kier molecular flexibility index (Phi) is 4.21. The summed E-state index contributed by atoms with van der Waals surface area (Å²) in [5.74, 6) is 0.762. The van der Waals surface area contributed by atoms with E-state index < -0.39 is 0 Å². The Morgan fingerprint density at radius 1 is 1.25 bits per heavy atom. The first-order valence-corrected chi connectivity index (χ1v) is 6.64. The van der Waals surface area contributed by atoms with Crippen molar-refractivity contribution in [1.82, 2.24) is 29.9 Å². The van der Waals surface area contributed by atoms with Gasteiger partial charge < -0.3 is 19.7 Å². The first kappa shape index (κ1) is 14.3. The van der Waals surface area contributed by atoms with Gasteiger partial charge in [-0.05, 0) is 6.92 Å². The lowest BCUT2D eigenvalue weighted by Gasteiger charge is -2.34. The van der Waals surface area contributed by atoms with Crippen molar-refractivity contribution in [2.45, 2.75) is 19.9 Å². The second kappa shape index (κ2) is 5.89. The van der Waals surface area contributed by atoms with Crippen LogP contribution in [0.5, 0.6) is 0 Å². The molecule has 1 N–H and O–H groups in total. The SMILES string of the molecule is CC(=O)N1CCN(C(=O)NC(C)c2nncn2C)CC1. The fraction of sp³-hybridized carbons (Fsp3) is 0.667. The Morgan fingerprint density at radius 3 is 2.35 bits per heavy atom. The number of nitrogens with one attached hydrogen (secondary N) is 1. The Hall–Kier alpha value is -2.12. The number of rotatable bonds is 2. The number of piperazine rings is 1. The molecule has 8 nitrogen and oxygen atoms in total. The third-order valence-corrected chi connectivity index (χ3v) is 3.49. The first-order chi connectivity index (χ1) is 9.49. The number of hydrogen-bond donors (Lipinski definition) is 1. The molecule has 3 amide bonds. The zero-order valence-corrected chi connectivity index (χ0v) is 12.0. The summed E-state index contributed by atoms with van der Waals surface area (Å²) in [5.41, 5.74) is 0. The number of aryl methyl sites for hydroxylation is 1. The van der Waals surface area contributed by atoms with Crippen molar-refractivity contribution in [2.24, 2.45) is 7.05 Å². The van der Waals surface area contributed by atoms with Crippen molar-refractivity contribution in [3.63, 3.8) is 0 Å². The van der Waals surface area contributed by atoms with E-state index in [9.17, 15) is 9.59 Å². The Balaban J connectivity index is 1.87. The summed E-state index contributed by atoms with van der Waals surface area (Å²) in [6, 6.07) is -0.343. The zero-order chi connectivity index (χ0) is 14.7. The van der Waals surface area contributed by atoms with Gasteiger partial charge in [-0.3, -0.25) is 4.79 Å². The number of carbonyl (C=O) groups excluding carboxylic acids is 2. The van der Waals surface area contributed by atoms with Gasteiger partial charge in [-0.25, -0.2) is 4.79 Å². The monoisotopic (exact) mass is 280 g/mol. The zero-order valence-electron chi connectivity index (χ0n) is 12.0. The van der Waals surface area contributed by atoms with Crippen molar-refractivity contribution >= 4 is 11.9 Å². The van der Waals surface area contributed by atoms with Crippen LogP contribution in [0.3, 0.4) is 0 Å². The summed E-state index contributed by atoms with van der Waals surface area (Å²) in [7, 11) is 1.84. The van der Waals surface area contributed by atoms with Crippen LogP contribution < -0.4 is 5.32 Å². The molecule has 1 aromatic heterocycles. The summed E-state index contributed by atoms with van der Waals surface area (Å²) in [4.78, 5) is 26.8. The van der Waals surface area contributed by atoms with Crippen LogP contribution in [0, 0.1) is 0 Å². The van der Waals surface area contributed by atoms with Gasteiger partial charge in [-0.15, -0.1) is 10.2 Å². The van der Waals surface area contributed by atoms with Gasteiger partial charge in [0.2, 0.25) is 5.91 Å².